The standard InChI is InChI=1S/C19H22N2O2S/c22-18(21-15-9-3-1-4-10-15)13-5-2-8-14-20-19(23)16-11-6-7-12-17(16)24/h1,3-4,6-7,9-12,24H,2,5,8,13-14H2,(H,20,23)(H,21,22). The van der Waals surface area contributed by atoms with E-state index in [4.69, 9.17) is 0 Å². The topological polar surface area (TPSA) is 58.2 Å². The van der Waals surface area contributed by atoms with Gasteiger partial charge in [-0.25, -0.2) is 0 Å². The van der Waals surface area contributed by atoms with Crippen LogP contribution in [0, 0.1) is 0 Å². The largest absolute Gasteiger partial charge is 0.352 e. The molecule has 0 aliphatic carbocycles. The van der Waals surface area contributed by atoms with Crippen molar-refractivity contribution in [3.8, 4) is 0 Å². The number of para-hydroxylation sites is 1. The zero-order valence-electron chi connectivity index (χ0n) is 13.5. The molecule has 0 bridgehead atoms. The summed E-state index contributed by atoms with van der Waals surface area (Å²) in [6, 6.07) is 16.6. The van der Waals surface area contributed by atoms with Crippen LogP contribution in [0.5, 0.6) is 0 Å². The monoisotopic (exact) mass is 342 g/mol. The average Bonchev–Trinajstić information content (AvgIpc) is 2.59. The molecule has 2 rings (SSSR count). The van der Waals surface area contributed by atoms with Crippen molar-refractivity contribution in [1.29, 1.82) is 0 Å². The predicted molar refractivity (Wildman–Crippen MR) is 99.6 cm³/mol. The lowest BCUT2D eigenvalue weighted by atomic mass is 10.1. The maximum absolute atomic E-state index is 12.0. The number of rotatable bonds is 8. The fraction of sp³-hybridized carbons (Fsp3) is 0.263. The normalized spacial score (nSPS) is 10.2. The molecule has 2 N–H and O–H groups in total. The van der Waals surface area contributed by atoms with Gasteiger partial charge in [0.15, 0.2) is 0 Å². The molecule has 0 unspecified atom stereocenters. The highest BCUT2D eigenvalue weighted by atomic mass is 32.1. The van der Waals surface area contributed by atoms with Crippen LogP contribution in [-0.2, 0) is 4.79 Å². The molecule has 0 aliphatic rings. The fourth-order valence-corrected chi connectivity index (χ4v) is 2.56. The van der Waals surface area contributed by atoms with Crippen molar-refractivity contribution in [2.75, 3.05) is 11.9 Å². The Morgan fingerprint density at radius 2 is 1.58 bits per heavy atom. The van der Waals surface area contributed by atoms with E-state index >= 15 is 0 Å². The number of amides is 2. The zero-order valence-corrected chi connectivity index (χ0v) is 14.4. The Morgan fingerprint density at radius 1 is 0.875 bits per heavy atom. The van der Waals surface area contributed by atoms with Crippen molar-refractivity contribution in [3.05, 3.63) is 60.2 Å². The molecule has 0 saturated heterocycles. The molecule has 2 amide bonds. The summed E-state index contributed by atoms with van der Waals surface area (Å²) in [5.74, 6) is -0.0864. The molecule has 2 aromatic carbocycles. The van der Waals surface area contributed by atoms with E-state index < -0.39 is 0 Å². The van der Waals surface area contributed by atoms with Gasteiger partial charge in [0.2, 0.25) is 5.91 Å². The maximum atomic E-state index is 12.0. The summed E-state index contributed by atoms with van der Waals surface area (Å²) in [5.41, 5.74) is 1.41. The Balaban J connectivity index is 1.58. The first-order valence-electron chi connectivity index (χ1n) is 8.08. The van der Waals surface area contributed by atoms with Crippen molar-refractivity contribution in [3.63, 3.8) is 0 Å². The van der Waals surface area contributed by atoms with Crippen molar-refractivity contribution in [2.24, 2.45) is 0 Å². The molecule has 24 heavy (non-hydrogen) atoms. The second-order valence-corrected chi connectivity index (χ2v) is 5.98. The second-order valence-electron chi connectivity index (χ2n) is 5.50. The Labute approximate surface area is 148 Å². The number of hydrogen-bond acceptors (Lipinski definition) is 3. The molecule has 0 fully saturated rings. The Hall–Kier alpha value is -2.27. The smallest absolute Gasteiger partial charge is 0.252 e. The van der Waals surface area contributed by atoms with Crippen LogP contribution in [0.4, 0.5) is 5.69 Å². The molecular formula is C19H22N2O2S. The predicted octanol–water partition coefficient (Wildman–Crippen LogP) is 3.90. The Kier molecular flexibility index (Phi) is 7.36. The van der Waals surface area contributed by atoms with E-state index in [-0.39, 0.29) is 11.8 Å². The van der Waals surface area contributed by atoms with Gasteiger partial charge in [-0.1, -0.05) is 36.8 Å². The molecule has 126 valence electrons. The molecule has 0 aromatic heterocycles. The number of benzene rings is 2. The van der Waals surface area contributed by atoms with Crippen LogP contribution in [0.1, 0.15) is 36.0 Å². The van der Waals surface area contributed by atoms with Gasteiger partial charge in [-0.2, -0.15) is 0 Å². The number of anilines is 1. The number of nitrogens with one attached hydrogen (secondary N) is 2. The lowest BCUT2D eigenvalue weighted by Crippen LogP contribution is -2.24. The molecule has 0 atom stereocenters. The first kappa shape index (κ1) is 18.1. The molecule has 0 aliphatic heterocycles. The molecular weight excluding hydrogens is 320 g/mol. The minimum absolute atomic E-state index is 0.0224. The van der Waals surface area contributed by atoms with Crippen LogP contribution < -0.4 is 10.6 Å². The fourth-order valence-electron chi connectivity index (χ4n) is 2.30. The Morgan fingerprint density at radius 3 is 2.33 bits per heavy atom. The van der Waals surface area contributed by atoms with Crippen LogP contribution in [-0.4, -0.2) is 18.4 Å². The van der Waals surface area contributed by atoms with E-state index in [1.54, 1.807) is 12.1 Å². The van der Waals surface area contributed by atoms with Crippen LogP contribution in [0.15, 0.2) is 59.5 Å². The van der Waals surface area contributed by atoms with Crippen LogP contribution in [0.2, 0.25) is 0 Å². The number of thiol groups is 1. The minimum atomic E-state index is -0.109. The van der Waals surface area contributed by atoms with E-state index in [9.17, 15) is 9.59 Å². The third kappa shape index (κ3) is 6.08. The van der Waals surface area contributed by atoms with E-state index in [0.29, 0.717) is 23.4 Å². The quantitative estimate of drug-likeness (QED) is 0.503. The van der Waals surface area contributed by atoms with E-state index in [0.717, 1.165) is 24.9 Å². The summed E-state index contributed by atoms with van der Waals surface area (Å²) in [4.78, 5) is 24.4. The second kappa shape index (κ2) is 9.78. The first-order chi connectivity index (χ1) is 11.7. The number of hydrogen-bond donors (Lipinski definition) is 3. The van der Waals surface area contributed by atoms with Gasteiger partial charge in [0, 0.05) is 23.5 Å². The van der Waals surface area contributed by atoms with Gasteiger partial charge in [0.1, 0.15) is 0 Å². The highest BCUT2D eigenvalue weighted by Crippen LogP contribution is 2.12. The number of carbonyl (C=O) groups excluding carboxylic acids is 2. The first-order valence-corrected chi connectivity index (χ1v) is 8.52. The van der Waals surface area contributed by atoms with E-state index in [2.05, 4.69) is 23.3 Å². The summed E-state index contributed by atoms with van der Waals surface area (Å²) < 4.78 is 0. The van der Waals surface area contributed by atoms with Gasteiger partial charge in [-0.05, 0) is 37.1 Å². The maximum Gasteiger partial charge on any atom is 0.252 e. The molecule has 5 heteroatoms. The molecule has 0 heterocycles. The van der Waals surface area contributed by atoms with Gasteiger partial charge < -0.3 is 10.6 Å². The Bertz CT molecular complexity index is 674. The molecule has 0 spiro atoms. The summed E-state index contributed by atoms with van der Waals surface area (Å²) in [7, 11) is 0. The van der Waals surface area contributed by atoms with Crippen molar-refractivity contribution >= 4 is 30.1 Å². The lowest BCUT2D eigenvalue weighted by Gasteiger charge is -2.07. The van der Waals surface area contributed by atoms with Crippen molar-refractivity contribution in [1.82, 2.24) is 5.32 Å². The molecule has 4 nitrogen and oxygen atoms in total. The third-order valence-corrected chi connectivity index (χ3v) is 3.96. The molecule has 0 saturated carbocycles. The van der Waals surface area contributed by atoms with Crippen molar-refractivity contribution < 1.29 is 9.59 Å². The summed E-state index contributed by atoms with van der Waals surface area (Å²) >= 11 is 4.27. The van der Waals surface area contributed by atoms with Gasteiger partial charge >= 0.3 is 0 Å². The van der Waals surface area contributed by atoms with Gasteiger partial charge in [-0.3, -0.25) is 9.59 Å². The van der Waals surface area contributed by atoms with E-state index in [1.807, 2.05) is 42.5 Å². The summed E-state index contributed by atoms with van der Waals surface area (Å²) in [6.07, 6.45) is 3.03. The van der Waals surface area contributed by atoms with Gasteiger partial charge in [-0.15, -0.1) is 12.6 Å². The highest BCUT2D eigenvalue weighted by molar-refractivity contribution is 7.80. The van der Waals surface area contributed by atoms with Crippen LogP contribution in [0.25, 0.3) is 0 Å². The van der Waals surface area contributed by atoms with Crippen LogP contribution in [0.3, 0.4) is 0 Å². The SMILES string of the molecule is O=C(CCCCCNC(=O)c1ccccc1S)Nc1ccccc1. The molecule has 0 radical (unpaired) electrons. The van der Waals surface area contributed by atoms with Gasteiger partial charge in [0.25, 0.3) is 5.91 Å². The average molecular weight is 342 g/mol. The summed E-state index contributed by atoms with van der Waals surface area (Å²) in [6.45, 7) is 0.598. The highest BCUT2D eigenvalue weighted by Gasteiger charge is 2.07. The lowest BCUT2D eigenvalue weighted by molar-refractivity contribution is -0.116. The third-order valence-electron chi connectivity index (χ3n) is 3.57. The van der Waals surface area contributed by atoms with Crippen molar-refractivity contribution in [2.45, 2.75) is 30.6 Å². The number of unbranched alkanes of at least 4 members (excludes halogenated alkanes) is 2. The molecule has 2 aromatic rings. The zero-order chi connectivity index (χ0) is 17.2. The van der Waals surface area contributed by atoms with E-state index in [1.165, 1.54) is 0 Å². The number of carbonyl (C=O) groups is 2. The van der Waals surface area contributed by atoms with Crippen LogP contribution >= 0.6 is 12.6 Å². The minimum Gasteiger partial charge on any atom is -0.352 e. The van der Waals surface area contributed by atoms with Gasteiger partial charge in [0.05, 0.1) is 5.56 Å². The summed E-state index contributed by atoms with van der Waals surface area (Å²) in [5, 5.41) is 5.74.